The Morgan fingerprint density at radius 3 is 2.50 bits per heavy atom. The third-order valence-corrected chi connectivity index (χ3v) is 2.20. The summed E-state index contributed by atoms with van der Waals surface area (Å²) >= 11 is 0. The summed E-state index contributed by atoms with van der Waals surface area (Å²) in [5.41, 5.74) is -0.764. The molecule has 16 heavy (non-hydrogen) atoms. The highest BCUT2D eigenvalue weighted by Crippen LogP contribution is 2.32. The van der Waals surface area contributed by atoms with Crippen LogP contribution in [0.1, 0.15) is 18.1 Å². The summed E-state index contributed by atoms with van der Waals surface area (Å²) < 4.78 is 50.4. The summed E-state index contributed by atoms with van der Waals surface area (Å²) in [4.78, 5) is 0. The van der Waals surface area contributed by atoms with Crippen molar-refractivity contribution in [1.29, 1.82) is 0 Å². The second kappa shape index (κ2) is 5.30. The van der Waals surface area contributed by atoms with E-state index in [0.717, 1.165) is 6.07 Å². The Kier molecular flexibility index (Phi) is 4.29. The summed E-state index contributed by atoms with van der Waals surface area (Å²) in [6, 6.07) is 2.79. The number of rotatable bonds is 4. The fourth-order valence-corrected chi connectivity index (χ4v) is 1.43. The van der Waals surface area contributed by atoms with Crippen LogP contribution in [0.4, 0.5) is 17.6 Å². The van der Waals surface area contributed by atoms with Gasteiger partial charge in [0, 0.05) is 0 Å². The molecule has 90 valence electrons. The molecule has 0 saturated carbocycles. The van der Waals surface area contributed by atoms with E-state index in [1.165, 1.54) is 6.07 Å². The lowest BCUT2D eigenvalue weighted by Gasteiger charge is -2.12. The monoisotopic (exact) mass is 235 g/mol. The fraction of sp³-hybridized carbons (Fsp3) is 0.455. The molecule has 0 spiro atoms. The van der Waals surface area contributed by atoms with E-state index in [4.69, 9.17) is 0 Å². The van der Waals surface area contributed by atoms with E-state index in [-0.39, 0.29) is 12.0 Å². The van der Waals surface area contributed by atoms with E-state index < -0.39 is 17.6 Å². The number of halogens is 4. The van der Waals surface area contributed by atoms with Crippen LogP contribution in [0.25, 0.3) is 0 Å². The van der Waals surface area contributed by atoms with E-state index in [1.807, 2.05) is 6.92 Å². The van der Waals surface area contributed by atoms with Gasteiger partial charge in [-0.25, -0.2) is 4.39 Å². The van der Waals surface area contributed by atoms with E-state index in [9.17, 15) is 17.6 Å². The minimum Gasteiger partial charge on any atom is -0.317 e. The maximum atomic E-state index is 12.8. The molecule has 5 heteroatoms. The Hall–Kier alpha value is -1.10. The third kappa shape index (κ3) is 3.48. The average molecular weight is 235 g/mol. The molecule has 0 radical (unpaired) electrons. The first kappa shape index (κ1) is 13.0. The highest BCUT2D eigenvalue weighted by Gasteiger charge is 2.33. The minimum absolute atomic E-state index is 0.120. The molecule has 0 saturated heterocycles. The first-order chi connectivity index (χ1) is 7.45. The number of benzene rings is 1. The topological polar surface area (TPSA) is 12.0 Å². The first-order valence-corrected chi connectivity index (χ1v) is 5.01. The predicted octanol–water partition coefficient (Wildman–Crippen LogP) is 3.00. The van der Waals surface area contributed by atoms with Crippen LogP contribution in [0.15, 0.2) is 18.2 Å². The normalized spacial score (nSPS) is 11.8. The van der Waals surface area contributed by atoms with Gasteiger partial charge in [-0.15, -0.1) is 0 Å². The summed E-state index contributed by atoms with van der Waals surface area (Å²) in [7, 11) is 0. The molecule has 0 bridgehead atoms. The lowest BCUT2D eigenvalue weighted by Crippen LogP contribution is -2.18. The zero-order valence-electron chi connectivity index (χ0n) is 8.87. The Bertz CT molecular complexity index is 346. The van der Waals surface area contributed by atoms with Crippen molar-refractivity contribution in [2.75, 3.05) is 13.1 Å². The molecule has 0 amide bonds. The first-order valence-electron chi connectivity index (χ1n) is 5.01. The van der Waals surface area contributed by atoms with Gasteiger partial charge < -0.3 is 5.32 Å². The zero-order chi connectivity index (χ0) is 12.2. The van der Waals surface area contributed by atoms with Crippen LogP contribution in [0.3, 0.4) is 0 Å². The van der Waals surface area contributed by atoms with Crippen LogP contribution in [-0.4, -0.2) is 13.1 Å². The van der Waals surface area contributed by atoms with Crippen molar-refractivity contribution >= 4 is 0 Å². The van der Waals surface area contributed by atoms with Gasteiger partial charge in [0.15, 0.2) is 0 Å². The molecule has 1 N–H and O–H groups in total. The standard InChI is InChI=1S/C11H13F4N/c1-2-16-6-5-8-3-4-9(12)7-10(8)11(13,14)15/h3-4,7,16H,2,5-6H2,1H3. The molecular weight excluding hydrogens is 222 g/mol. The highest BCUT2D eigenvalue weighted by atomic mass is 19.4. The van der Waals surface area contributed by atoms with Crippen LogP contribution in [0.5, 0.6) is 0 Å². The number of hydrogen-bond acceptors (Lipinski definition) is 1. The van der Waals surface area contributed by atoms with Crippen molar-refractivity contribution in [3.05, 3.63) is 35.1 Å². The molecule has 0 atom stereocenters. The minimum atomic E-state index is -4.50. The van der Waals surface area contributed by atoms with Gasteiger partial charge in [-0.2, -0.15) is 13.2 Å². The van der Waals surface area contributed by atoms with Crippen molar-refractivity contribution in [1.82, 2.24) is 5.32 Å². The van der Waals surface area contributed by atoms with Crippen molar-refractivity contribution in [2.24, 2.45) is 0 Å². The lowest BCUT2D eigenvalue weighted by molar-refractivity contribution is -0.138. The molecular formula is C11H13F4N. The summed E-state index contributed by atoms with van der Waals surface area (Å²) in [5.74, 6) is -0.862. The molecule has 1 nitrogen and oxygen atoms in total. The number of alkyl halides is 3. The van der Waals surface area contributed by atoms with E-state index >= 15 is 0 Å². The quantitative estimate of drug-likeness (QED) is 0.625. The Morgan fingerprint density at radius 1 is 1.25 bits per heavy atom. The molecule has 1 aromatic carbocycles. The molecule has 1 rings (SSSR count). The van der Waals surface area contributed by atoms with Gasteiger partial charge in [-0.05, 0) is 37.2 Å². The van der Waals surface area contributed by atoms with Gasteiger partial charge in [-0.1, -0.05) is 13.0 Å². The van der Waals surface area contributed by atoms with Crippen LogP contribution < -0.4 is 5.32 Å². The van der Waals surface area contributed by atoms with Crippen molar-refractivity contribution in [3.8, 4) is 0 Å². The van der Waals surface area contributed by atoms with Crippen LogP contribution >= 0.6 is 0 Å². The maximum absolute atomic E-state index is 12.8. The molecule has 0 unspecified atom stereocenters. The second-order valence-electron chi connectivity index (χ2n) is 3.40. The smallest absolute Gasteiger partial charge is 0.317 e. The molecule has 0 aliphatic heterocycles. The summed E-state index contributed by atoms with van der Waals surface area (Å²) in [6.07, 6.45) is -4.26. The summed E-state index contributed by atoms with van der Waals surface area (Å²) in [5, 5.41) is 2.93. The second-order valence-corrected chi connectivity index (χ2v) is 3.40. The average Bonchev–Trinajstić information content (AvgIpc) is 2.19. The lowest BCUT2D eigenvalue weighted by atomic mass is 10.0. The van der Waals surface area contributed by atoms with E-state index in [1.54, 1.807) is 0 Å². The van der Waals surface area contributed by atoms with E-state index in [2.05, 4.69) is 5.32 Å². The number of nitrogens with one attached hydrogen (secondary N) is 1. The Balaban J connectivity index is 2.90. The van der Waals surface area contributed by atoms with Crippen molar-refractivity contribution in [2.45, 2.75) is 19.5 Å². The molecule has 0 fully saturated rings. The van der Waals surface area contributed by atoms with Crippen molar-refractivity contribution in [3.63, 3.8) is 0 Å². The van der Waals surface area contributed by atoms with Gasteiger partial charge >= 0.3 is 6.18 Å². The number of likely N-dealkylation sites (N-methyl/N-ethyl adjacent to an activating group) is 1. The van der Waals surface area contributed by atoms with Gasteiger partial charge in [0.05, 0.1) is 5.56 Å². The maximum Gasteiger partial charge on any atom is 0.416 e. The predicted molar refractivity (Wildman–Crippen MR) is 53.6 cm³/mol. The molecule has 1 aromatic rings. The Morgan fingerprint density at radius 2 is 1.94 bits per heavy atom. The van der Waals surface area contributed by atoms with Crippen molar-refractivity contribution < 1.29 is 17.6 Å². The highest BCUT2D eigenvalue weighted by molar-refractivity contribution is 5.30. The molecule has 0 aliphatic rings. The SMILES string of the molecule is CCNCCc1ccc(F)cc1C(F)(F)F. The van der Waals surface area contributed by atoms with Crippen LogP contribution in [-0.2, 0) is 12.6 Å². The fourth-order valence-electron chi connectivity index (χ4n) is 1.43. The third-order valence-electron chi connectivity index (χ3n) is 2.20. The number of hydrogen-bond donors (Lipinski definition) is 1. The van der Waals surface area contributed by atoms with Gasteiger partial charge in [0.25, 0.3) is 0 Å². The molecule has 0 heterocycles. The largest absolute Gasteiger partial charge is 0.416 e. The summed E-state index contributed by atoms with van der Waals surface area (Å²) in [6.45, 7) is 3.02. The van der Waals surface area contributed by atoms with Crippen LogP contribution in [0.2, 0.25) is 0 Å². The van der Waals surface area contributed by atoms with Gasteiger partial charge in [0.1, 0.15) is 5.82 Å². The van der Waals surface area contributed by atoms with Gasteiger partial charge in [0.2, 0.25) is 0 Å². The van der Waals surface area contributed by atoms with E-state index in [0.29, 0.717) is 19.2 Å². The molecule has 0 aliphatic carbocycles. The Labute approximate surface area is 91.5 Å². The zero-order valence-corrected chi connectivity index (χ0v) is 8.87. The van der Waals surface area contributed by atoms with Crippen LogP contribution in [0, 0.1) is 5.82 Å². The molecule has 0 aromatic heterocycles. The van der Waals surface area contributed by atoms with Gasteiger partial charge in [-0.3, -0.25) is 0 Å².